The van der Waals surface area contributed by atoms with Crippen molar-refractivity contribution in [3.63, 3.8) is 0 Å². The van der Waals surface area contributed by atoms with E-state index in [0.29, 0.717) is 17.5 Å². The molecule has 0 aliphatic rings. The zero-order valence-electron chi connectivity index (χ0n) is 21.0. The predicted octanol–water partition coefficient (Wildman–Crippen LogP) is 7.88. The summed E-state index contributed by atoms with van der Waals surface area (Å²) in [5, 5.41) is 0. The van der Waals surface area contributed by atoms with Crippen molar-refractivity contribution in [2.24, 2.45) is 0 Å². The van der Waals surface area contributed by atoms with Gasteiger partial charge in [0, 0.05) is 27.9 Å². The second-order valence-electron chi connectivity index (χ2n) is 9.18. The molecule has 5 heteroatoms. The lowest BCUT2D eigenvalue weighted by molar-refractivity contribution is 1.07. The number of imidazole rings is 1. The van der Waals surface area contributed by atoms with E-state index in [1.807, 2.05) is 109 Å². The van der Waals surface area contributed by atoms with Crippen LogP contribution in [-0.4, -0.2) is 24.5 Å². The van der Waals surface area contributed by atoms with Gasteiger partial charge in [0.2, 0.25) is 0 Å². The minimum Gasteiger partial charge on any atom is -0.292 e. The third kappa shape index (κ3) is 4.26. The molecule has 39 heavy (non-hydrogen) atoms. The summed E-state index contributed by atoms with van der Waals surface area (Å²) < 4.78 is 2.20. The van der Waals surface area contributed by atoms with Gasteiger partial charge in [-0.3, -0.25) is 4.57 Å². The number of para-hydroxylation sites is 3. The van der Waals surface area contributed by atoms with Crippen molar-refractivity contribution in [3.05, 3.63) is 140 Å². The summed E-state index contributed by atoms with van der Waals surface area (Å²) in [6, 6.07) is 46.8. The van der Waals surface area contributed by atoms with E-state index in [1.54, 1.807) is 0 Å². The highest BCUT2D eigenvalue weighted by atomic mass is 15.1. The molecule has 0 fully saturated rings. The van der Waals surface area contributed by atoms with Crippen LogP contribution in [0.2, 0.25) is 0 Å². The maximum absolute atomic E-state index is 5.10. The lowest BCUT2D eigenvalue weighted by Gasteiger charge is -2.14. The van der Waals surface area contributed by atoms with Crippen molar-refractivity contribution in [1.82, 2.24) is 24.5 Å². The Morgan fingerprint density at radius 1 is 0.385 bits per heavy atom. The molecular formula is C34H23N5. The maximum atomic E-state index is 5.10. The Morgan fingerprint density at radius 3 is 1.51 bits per heavy atom. The molecule has 5 nitrogen and oxygen atoms in total. The molecule has 0 spiro atoms. The number of fused-ring (bicyclic) bond motifs is 1. The van der Waals surface area contributed by atoms with E-state index in [9.17, 15) is 0 Å². The zero-order chi connectivity index (χ0) is 26.0. The molecule has 0 unspecified atom stereocenters. The first-order valence-corrected chi connectivity index (χ1v) is 12.8. The molecule has 0 atom stereocenters. The molecule has 0 aliphatic heterocycles. The van der Waals surface area contributed by atoms with Gasteiger partial charge in [-0.05, 0) is 24.3 Å². The number of hydrogen-bond acceptors (Lipinski definition) is 4. The van der Waals surface area contributed by atoms with Crippen molar-refractivity contribution in [2.75, 3.05) is 0 Å². The fraction of sp³-hybridized carbons (Fsp3) is 0. The summed E-state index contributed by atoms with van der Waals surface area (Å²) in [6.07, 6.45) is 0. The predicted molar refractivity (Wildman–Crippen MR) is 156 cm³/mol. The lowest BCUT2D eigenvalue weighted by atomic mass is 10.1. The standard InChI is InChI=1S/C34H23N5/c1-4-14-24(15-5-1)31-36-32(25-16-6-2-7-17-25)38-33(37-31)27-20-10-11-21-28(27)34-35-29-22-12-13-23-30(29)39(34)26-18-8-3-9-19-26/h1-23H. The molecule has 7 aromatic rings. The van der Waals surface area contributed by atoms with E-state index < -0.39 is 0 Å². The molecule has 7 rings (SSSR count). The molecule has 0 saturated heterocycles. The van der Waals surface area contributed by atoms with Crippen LogP contribution in [0, 0.1) is 0 Å². The van der Waals surface area contributed by atoms with Crippen LogP contribution in [0.3, 0.4) is 0 Å². The molecular weight excluding hydrogens is 478 g/mol. The Morgan fingerprint density at radius 2 is 0.872 bits per heavy atom. The molecule has 2 heterocycles. The Labute approximate surface area is 226 Å². The molecule has 0 radical (unpaired) electrons. The molecule has 184 valence electrons. The van der Waals surface area contributed by atoms with Gasteiger partial charge in [-0.25, -0.2) is 19.9 Å². The van der Waals surface area contributed by atoms with Crippen LogP contribution in [0.4, 0.5) is 0 Å². The van der Waals surface area contributed by atoms with E-state index in [1.165, 1.54) is 0 Å². The fourth-order valence-electron chi connectivity index (χ4n) is 4.85. The van der Waals surface area contributed by atoms with Gasteiger partial charge in [0.1, 0.15) is 5.82 Å². The topological polar surface area (TPSA) is 56.5 Å². The van der Waals surface area contributed by atoms with Gasteiger partial charge < -0.3 is 0 Å². The molecule has 0 amide bonds. The molecule has 0 aliphatic carbocycles. The first kappa shape index (κ1) is 22.8. The summed E-state index contributed by atoms with van der Waals surface area (Å²) in [7, 11) is 0. The highest BCUT2D eigenvalue weighted by Crippen LogP contribution is 2.35. The van der Waals surface area contributed by atoms with Crippen LogP contribution in [-0.2, 0) is 0 Å². The average molecular weight is 502 g/mol. The van der Waals surface area contributed by atoms with Crippen LogP contribution < -0.4 is 0 Å². The summed E-state index contributed by atoms with van der Waals surface area (Å²) in [5.74, 6) is 2.70. The second kappa shape index (κ2) is 9.80. The van der Waals surface area contributed by atoms with Gasteiger partial charge in [-0.2, -0.15) is 0 Å². The number of nitrogens with zero attached hydrogens (tertiary/aromatic N) is 5. The summed E-state index contributed by atoms with van der Waals surface area (Å²) in [6.45, 7) is 0. The van der Waals surface area contributed by atoms with Crippen molar-refractivity contribution in [3.8, 4) is 51.2 Å². The minimum absolute atomic E-state index is 0.602. The minimum atomic E-state index is 0.602. The smallest absolute Gasteiger partial charge is 0.164 e. The van der Waals surface area contributed by atoms with Gasteiger partial charge >= 0.3 is 0 Å². The summed E-state index contributed by atoms with van der Waals surface area (Å²) in [5.41, 5.74) is 6.72. The average Bonchev–Trinajstić information content (AvgIpc) is 3.42. The van der Waals surface area contributed by atoms with Crippen LogP contribution in [0.5, 0.6) is 0 Å². The zero-order valence-corrected chi connectivity index (χ0v) is 21.0. The van der Waals surface area contributed by atoms with Gasteiger partial charge in [0.15, 0.2) is 17.5 Å². The fourth-order valence-corrected chi connectivity index (χ4v) is 4.85. The van der Waals surface area contributed by atoms with E-state index in [0.717, 1.165) is 44.8 Å². The highest BCUT2D eigenvalue weighted by molar-refractivity contribution is 5.87. The molecule has 0 bridgehead atoms. The van der Waals surface area contributed by atoms with Crippen LogP contribution in [0.1, 0.15) is 0 Å². The van der Waals surface area contributed by atoms with E-state index >= 15 is 0 Å². The first-order chi connectivity index (χ1) is 19.3. The SMILES string of the molecule is c1ccc(-c2nc(-c3ccccc3)nc(-c3ccccc3-c3nc4ccccc4n3-c3ccccc3)n2)cc1. The van der Waals surface area contributed by atoms with E-state index in [2.05, 4.69) is 34.9 Å². The first-order valence-electron chi connectivity index (χ1n) is 12.8. The summed E-state index contributed by atoms with van der Waals surface area (Å²) in [4.78, 5) is 19.9. The van der Waals surface area contributed by atoms with E-state index in [4.69, 9.17) is 19.9 Å². The summed E-state index contributed by atoms with van der Waals surface area (Å²) >= 11 is 0. The molecule has 2 aromatic heterocycles. The van der Waals surface area contributed by atoms with Crippen LogP contribution in [0.15, 0.2) is 140 Å². The number of hydrogen-bond donors (Lipinski definition) is 0. The van der Waals surface area contributed by atoms with Crippen LogP contribution in [0.25, 0.3) is 62.3 Å². The third-order valence-corrected chi connectivity index (χ3v) is 6.68. The quantitative estimate of drug-likeness (QED) is 0.241. The maximum Gasteiger partial charge on any atom is 0.164 e. The number of rotatable bonds is 5. The van der Waals surface area contributed by atoms with Gasteiger partial charge in [-0.15, -0.1) is 0 Å². The third-order valence-electron chi connectivity index (χ3n) is 6.68. The largest absolute Gasteiger partial charge is 0.292 e. The van der Waals surface area contributed by atoms with Crippen molar-refractivity contribution < 1.29 is 0 Å². The Hall–Kier alpha value is -5.42. The van der Waals surface area contributed by atoms with Crippen LogP contribution >= 0.6 is 0 Å². The molecule has 0 saturated carbocycles. The Kier molecular flexibility index (Phi) is 5.72. The van der Waals surface area contributed by atoms with E-state index in [-0.39, 0.29) is 0 Å². The van der Waals surface area contributed by atoms with Gasteiger partial charge in [-0.1, -0.05) is 115 Å². The lowest BCUT2D eigenvalue weighted by Crippen LogP contribution is -2.03. The number of benzene rings is 5. The van der Waals surface area contributed by atoms with Gasteiger partial charge in [0.25, 0.3) is 0 Å². The monoisotopic (exact) mass is 501 g/mol. The van der Waals surface area contributed by atoms with Crippen molar-refractivity contribution in [1.29, 1.82) is 0 Å². The normalized spacial score (nSPS) is 11.1. The van der Waals surface area contributed by atoms with Gasteiger partial charge in [0.05, 0.1) is 11.0 Å². The second-order valence-corrected chi connectivity index (χ2v) is 9.18. The van der Waals surface area contributed by atoms with Crippen molar-refractivity contribution in [2.45, 2.75) is 0 Å². The Balaban J connectivity index is 1.49. The molecule has 5 aromatic carbocycles. The Bertz CT molecular complexity index is 1840. The molecule has 0 N–H and O–H groups in total. The number of aromatic nitrogens is 5. The van der Waals surface area contributed by atoms with Crippen molar-refractivity contribution >= 4 is 11.0 Å². The highest BCUT2D eigenvalue weighted by Gasteiger charge is 2.20.